The zero-order valence-electron chi connectivity index (χ0n) is 16.4. The molecular formula is C21H43N. The first-order valence-electron chi connectivity index (χ1n) is 9.92. The third-order valence-electron chi connectivity index (χ3n) is 5.49. The average Bonchev–Trinajstić information content (AvgIpc) is 2.40. The van der Waals surface area contributed by atoms with E-state index in [0.29, 0.717) is 10.8 Å². The maximum Gasteiger partial charge on any atom is 0.00672 e. The van der Waals surface area contributed by atoms with Crippen LogP contribution in [-0.4, -0.2) is 12.6 Å². The van der Waals surface area contributed by atoms with Crippen molar-refractivity contribution in [3.8, 4) is 0 Å². The third-order valence-corrected chi connectivity index (χ3v) is 5.49. The molecule has 0 aromatic heterocycles. The minimum absolute atomic E-state index is 0.512. The van der Waals surface area contributed by atoms with Gasteiger partial charge in [-0.05, 0) is 61.8 Å². The molecule has 0 radical (unpaired) electrons. The Labute approximate surface area is 141 Å². The van der Waals surface area contributed by atoms with Crippen LogP contribution in [-0.2, 0) is 0 Å². The Morgan fingerprint density at radius 3 is 1.82 bits per heavy atom. The highest BCUT2D eigenvalue weighted by Crippen LogP contribution is 2.37. The third kappa shape index (κ3) is 9.18. The van der Waals surface area contributed by atoms with Crippen LogP contribution in [0.5, 0.6) is 0 Å². The molecule has 1 aliphatic rings. The number of rotatable bonds is 8. The van der Waals surface area contributed by atoms with Crippen molar-refractivity contribution in [2.75, 3.05) is 6.54 Å². The Kier molecular flexibility index (Phi) is 8.46. The average molecular weight is 310 g/mol. The summed E-state index contributed by atoms with van der Waals surface area (Å²) >= 11 is 0. The molecule has 1 N–H and O–H groups in total. The van der Waals surface area contributed by atoms with Crippen molar-refractivity contribution in [3.63, 3.8) is 0 Å². The van der Waals surface area contributed by atoms with E-state index in [1.54, 1.807) is 0 Å². The van der Waals surface area contributed by atoms with Crippen LogP contribution < -0.4 is 5.32 Å². The number of hydrogen-bond donors (Lipinski definition) is 1. The molecule has 0 aromatic carbocycles. The molecule has 1 rings (SSSR count). The van der Waals surface area contributed by atoms with Gasteiger partial charge in [0.25, 0.3) is 0 Å². The normalized spacial score (nSPS) is 23.7. The monoisotopic (exact) mass is 309 g/mol. The van der Waals surface area contributed by atoms with E-state index in [4.69, 9.17) is 0 Å². The minimum atomic E-state index is 0.512. The van der Waals surface area contributed by atoms with Gasteiger partial charge in [0.1, 0.15) is 0 Å². The Bertz CT molecular complexity index is 273. The number of unbranched alkanes of at least 4 members (excludes halogenated alkanes) is 4. The van der Waals surface area contributed by atoms with E-state index in [-0.39, 0.29) is 0 Å². The minimum Gasteiger partial charge on any atom is -0.314 e. The van der Waals surface area contributed by atoms with Crippen LogP contribution >= 0.6 is 0 Å². The van der Waals surface area contributed by atoms with E-state index in [1.807, 2.05) is 0 Å². The van der Waals surface area contributed by atoms with Crippen molar-refractivity contribution < 1.29 is 0 Å². The molecule has 22 heavy (non-hydrogen) atoms. The van der Waals surface area contributed by atoms with Gasteiger partial charge in [-0.25, -0.2) is 0 Å². The predicted molar refractivity (Wildman–Crippen MR) is 100 cm³/mol. The molecule has 1 aliphatic carbocycles. The van der Waals surface area contributed by atoms with Gasteiger partial charge in [-0.3, -0.25) is 0 Å². The summed E-state index contributed by atoms with van der Waals surface area (Å²) in [4.78, 5) is 0. The highest BCUT2D eigenvalue weighted by Gasteiger charge is 2.29. The Morgan fingerprint density at radius 2 is 1.27 bits per heavy atom. The molecule has 1 heteroatoms. The van der Waals surface area contributed by atoms with E-state index >= 15 is 0 Å². The highest BCUT2D eigenvalue weighted by atomic mass is 14.9. The maximum absolute atomic E-state index is 3.81. The highest BCUT2D eigenvalue weighted by molar-refractivity contribution is 4.83. The molecule has 1 saturated carbocycles. The molecule has 0 amide bonds. The fraction of sp³-hybridized carbons (Fsp3) is 1.00. The first-order valence-corrected chi connectivity index (χ1v) is 9.92. The standard InChI is InChI=1S/C21H43N/c1-20(2,3)16-10-8-7-9-11-17-22-19-14-12-18(13-15-19)21(4,5)6/h18-19,22H,7-17H2,1-6H3. The molecule has 0 unspecified atom stereocenters. The van der Waals surface area contributed by atoms with E-state index < -0.39 is 0 Å². The summed E-state index contributed by atoms with van der Waals surface area (Å²) in [5, 5.41) is 3.81. The van der Waals surface area contributed by atoms with Crippen LogP contribution in [0.3, 0.4) is 0 Å². The van der Waals surface area contributed by atoms with Gasteiger partial charge in [0.15, 0.2) is 0 Å². The van der Waals surface area contributed by atoms with Crippen LogP contribution in [0.15, 0.2) is 0 Å². The first-order chi connectivity index (χ1) is 10.2. The maximum atomic E-state index is 3.81. The second kappa shape index (κ2) is 9.30. The SMILES string of the molecule is CC(C)(C)CCCCCCCNC1CCC(C(C)(C)C)CC1. The van der Waals surface area contributed by atoms with Crippen molar-refractivity contribution >= 4 is 0 Å². The summed E-state index contributed by atoms with van der Waals surface area (Å²) in [6, 6.07) is 0.805. The van der Waals surface area contributed by atoms with E-state index in [0.717, 1.165) is 12.0 Å². The summed E-state index contributed by atoms with van der Waals surface area (Å²) in [7, 11) is 0. The van der Waals surface area contributed by atoms with Gasteiger partial charge in [-0.15, -0.1) is 0 Å². The molecular weight excluding hydrogens is 266 g/mol. The first kappa shape index (κ1) is 20.0. The van der Waals surface area contributed by atoms with Crippen molar-refractivity contribution in [1.29, 1.82) is 0 Å². The molecule has 0 saturated heterocycles. The van der Waals surface area contributed by atoms with Gasteiger partial charge in [0, 0.05) is 6.04 Å². The second-order valence-corrected chi connectivity index (χ2v) is 9.95. The summed E-state index contributed by atoms with van der Waals surface area (Å²) in [6.07, 6.45) is 14.1. The zero-order chi connectivity index (χ0) is 16.6. The molecule has 0 bridgehead atoms. The second-order valence-electron chi connectivity index (χ2n) is 9.95. The van der Waals surface area contributed by atoms with Crippen molar-refractivity contribution in [1.82, 2.24) is 5.32 Å². The van der Waals surface area contributed by atoms with Gasteiger partial charge < -0.3 is 5.32 Å². The summed E-state index contributed by atoms with van der Waals surface area (Å²) < 4.78 is 0. The van der Waals surface area contributed by atoms with Crippen LogP contribution in [0.4, 0.5) is 0 Å². The van der Waals surface area contributed by atoms with Gasteiger partial charge in [0.2, 0.25) is 0 Å². The number of hydrogen-bond acceptors (Lipinski definition) is 1. The summed E-state index contributed by atoms with van der Waals surface area (Å²) in [5.41, 5.74) is 1.03. The van der Waals surface area contributed by atoms with E-state index in [2.05, 4.69) is 46.9 Å². The predicted octanol–water partition coefficient (Wildman–Crippen LogP) is 6.57. The topological polar surface area (TPSA) is 12.0 Å². The molecule has 0 heterocycles. The summed E-state index contributed by atoms with van der Waals surface area (Å²) in [6.45, 7) is 15.5. The lowest BCUT2D eigenvalue weighted by atomic mass is 9.71. The largest absolute Gasteiger partial charge is 0.314 e. The fourth-order valence-corrected chi connectivity index (χ4v) is 3.78. The van der Waals surface area contributed by atoms with E-state index in [1.165, 1.54) is 70.8 Å². The summed E-state index contributed by atoms with van der Waals surface area (Å²) in [5.74, 6) is 0.938. The molecule has 1 fully saturated rings. The lowest BCUT2D eigenvalue weighted by Crippen LogP contribution is -2.36. The lowest BCUT2D eigenvalue weighted by molar-refractivity contribution is 0.160. The van der Waals surface area contributed by atoms with E-state index in [9.17, 15) is 0 Å². The Hall–Kier alpha value is -0.0400. The van der Waals surface area contributed by atoms with Crippen LogP contribution in [0, 0.1) is 16.7 Å². The number of nitrogens with one attached hydrogen (secondary N) is 1. The molecule has 0 spiro atoms. The Morgan fingerprint density at radius 1 is 0.727 bits per heavy atom. The van der Waals surface area contributed by atoms with Crippen LogP contribution in [0.2, 0.25) is 0 Å². The molecule has 132 valence electrons. The van der Waals surface area contributed by atoms with Crippen molar-refractivity contribution in [3.05, 3.63) is 0 Å². The molecule has 0 aliphatic heterocycles. The van der Waals surface area contributed by atoms with Crippen molar-refractivity contribution in [2.24, 2.45) is 16.7 Å². The van der Waals surface area contributed by atoms with Gasteiger partial charge in [-0.1, -0.05) is 67.2 Å². The molecule has 1 nitrogen and oxygen atoms in total. The van der Waals surface area contributed by atoms with Gasteiger partial charge in [0.05, 0.1) is 0 Å². The Balaban J connectivity index is 1.94. The smallest absolute Gasteiger partial charge is 0.00672 e. The van der Waals surface area contributed by atoms with Crippen LogP contribution in [0.25, 0.3) is 0 Å². The van der Waals surface area contributed by atoms with Gasteiger partial charge >= 0.3 is 0 Å². The molecule has 0 atom stereocenters. The van der Waals surface area contributed by atoms with Gasteiger partial charge in [-0.2, -0.15) is 0 Å². The lowest BCUT2D eigenvalue weighted by Gasteiger charge is -2.37. The van der Waals surface area contributed by atoms with Crippen LogP contribution in [0.1, 0.15) is 106 Å². The fourth-order valence-electron chi connectivity index (χ4n) is 3.78. The van der Waals surface area contributed by atoms with Crippen molar-refractivity contribution in [2.45, 2.75) is 112 Å². The molecule has 0 aromatic rings. The zero-order valence-corrected chi connectivity index (χ0v) is 16.4. The quantitative estimate of drug-likeness (QED) is 0.500.